The van der Waals surface area contributed by atoms with Crippen LogP contribution in [0.3, 0.4) is 0 Å². The number of hydrogen-bond donors (Lipinski definition) is 1. The lowest BCUT2D eigenvalue weighted by atomic mass is 10.1. The maximum absolute atomic E-state index is 13.1. The van der Waals surface area contributed by atoms with E-state index in [9.17, 15) is 9.59 Å². The molecule has 2 aromatic carbocycles. The van der Waals surface area contributed by atoms with Crippen LogP contribution in [0.2, 0.25) is 0 Å². The predicted molar refractivity (Wildman–Crippen MR) is 122 cm³/mol. The van der Waals surface area contributed by atoms with Crippen molar-refractivity contribution >= 4 is 11.8 Å². The third-order valence-corrected chi connectivity index (χ3v) is 4.95. The van der Waals surface area contributed by atoms with E-state index in [4.69, 9.17) is 9.47 Å². The van der Waals surface area contributed by atoms with Gasteiger partial charge in [0.1, 0.15) is 11.8 Å². The Morgan fingerprint density at radius 1 is 0.968 bits per heavy atom. The molecule has 1 atom stereocenters. The molecule has 0 aliphatic heterocycles. The number of hydrogen-bond acceptors (Lipinski definition) is 4. The average Bonchev–Trinajstić information content (AvgIpc) is 2.77. The van der Waals surface area contributed by atoms with Crippen molar-refractivity contribution in [3.63, 3.8) is 0 Å². The van der Waals surface area contributed by atoms with Gasteiger partial charge >= 0.3 is 0 Å². The smallest absolute Gasteiger partial charge is 0.242 e. The Morgan fingerprint density at radius 2 is 1.65 bits per heavy atom. The van der Waals surface area contributed by atoms with Crippen LogP contribution in [0.4, 0.5) is 0 Å². The van der Waals surface area contributed by atoms with Crippen LogP contribution >= 0.6 is 0 Å². The number of carbonyl (C=O) groups excluding carboxylic acids is 2. The van der Waals surface area contributed by atoms with E-state index >= 15 is 0 Å². The summed E-state index contributed by atoms with van der Waals surface area (Å²) in [5.41, 5.74) is 1.86. The highest BCUT2D eigenvalue weighted by Gasteiger charge is 2.26. The number of methoxy groups -OCH3 is 1. The zero-order valence-corrected chi connectivity index (χ0v) is 19.0. The number of nitrogens with one attached hydrogen (secondary N) is 1. The molecule has 168 valence electrons. The summed E-state index contributed by atoms with van der Waals surface area (Å²) in [6, 6.07) is 16.5. The van der Waals surface area contributed by atoms with Crippen molar-refractivity contribution in [1.29, 1.82) is 0 Å². The molecule has 0 radical (unpaired) electrons. The van der Waals surface area contributed by atoms with Gasteiger partial charge in [0.2, 0.25) is 11.8 Å². The van der Waals surface area contributed by atoms with E-state index in [-0.39, 0.29) is 24.3 Å². The summed E-state index contributed by atoms with van der Waals surface area (Å²) in [5, 5.41) is 2.93. The normalized spacial score (nSPS) is 11.8. The van der Waals surface area contributed by atoms with Gasteiger partial charge in [-0.3, -0.25) is 9.59 Å². The molecule has 0 heterocycles. The number of nitrogens with zero attached hydrogens (tertiary/aromatic N) is 1. The summed E-state index contributed by atoms with van der Waals surface area (Å²) >= 11 is 0. The molecule has 0 aliphatic carbocycles. The molecule has 2 rings (SSSR count). The van der Waals surface area contributed by atoms with Gasteiger partial charge in [-0.05, 0) is 50.5 Å². The first-order chi connectivity index (χ1) is 14.9. The summed E-state index contributed by atoms with van der Waals surface area (Å²) < 4.78 is 10.7. The molecular weight excluding hydrogens is 392 g/mol. The molecule has 6 heteroatoms. The van der Waals surface area contributed by atoms with E-state index in [0.29, 0.717) is 19.7 Å². The largest absolute Gasteiger partial charge is 0.497 e. The van der Waals surface area contributed by atoms with Crippen molar-refractivity contribution in [2.24, 2.45) is 0 Å². The van der Waals surface area contributed by atoms with Gasteiger partial charge in [-0.1, -0.05) is 42.5 Å². The van der Waals surface area contributed by atoms with E-state index in [1.54, 1.807) is 18.9 Å². The lowest BCUT2D eigenvalue weighted by molar-refractivity contribution is -0.140. The Kier molecular flexibility index (Phi) is 10.0. The lowest BCUT2D eigenvalue weighted by Gasteiger charge is -2.29. The molecule has 2 amide bonds. The van der Waals surface area contributed by atoms with Crippen LogP contribution in [0.1, 0.15) is 38.3 Å². The summed E-state index contributed by atoms with van der Waals surface area (Å²) in [7, 11) is 1.61. The van der Waals surface area contributed by atoms with Crippen molar-refractivity contribution in [2.45, 2.75) is 52.3 Å². The van der Waals surface area contributed by atoms with Crippen molar-refractivity contribution in [2.75, 3.05) is 20.3 Å². The van der Waals surface area contributed by atoms with Crippen LogP contribution in [0, 0.1) is 0 Å². The van der Waals surface area contributed by atoms with E-state index in [1.165, 1.54) is 0 Å². The lowest BCUT2D eigenvalue weighted by Crippen LogP contribution is -2.48. The maximum Gasteiger partial charge on any atom is 0.242 e. The van der Waals surface area contributed by atoms with Gasteiger partial charge in [0, 0.05) is 19.7 Å². The second-order valence-corrected chi connectivity index (χ2v) is 7.77. The zero-order valence-electron chi connectivity index (χ0n) is 19.0. The van der Waals surface area contributed by atoms with Gasteiger partial charge in [0.25, 0.3) is 0 Å². The van der Waals surface area contributed by atoms with Crippen LogP contribution in [-0.2, 0) is 27.3 Å². The minimum Gasteiger partial charge on any atom is -0.497 e. The fraction of sp³-hybridized carbons (Fsp3) is 0.440. The van der Waals surface area contributed by atoms with Gasteiger partial charge in [-0.2, -0.15) is 0 Å². The van der Waals surface area contributed by atoms with E-state index in [2.05, 4.69) is 5.32 Å². The quantitative estimate of drug-likeness (QED) is 0.527. The molecule has 0 bridgehead atoms. The Bertz CT molecular complexity index is 806. The number of benzene rings is 2. The van der Waals surface area contributed by atoms with Crippen LogP contribution < -0.4 is 10.1 Å². The molecule has 0 saturated carbocycles. The van der Waals surface area contributed by atoms with Crippen LogP contribution in [-0.4, -0.2) is 49.1 Å². The minimum atomic E-state index is -0.593. The molecule has 0 aromatic heterocycles. The van der Waals surface area contributed by atoms with Crippen LogP contribution in [0.15, 0.2) is 54.6 Å². The SMILES string of the molecule is COc1ccc(CN(C(=O)Cc2ccccc2)C(C)C(=O)NCCCOC(C)C)cc1. The Morgan fingerprint density at radius 3 is 2.26 bits per heavy atom. The van der Waals surface area contributed by atoms with Crippen LogP contribution in [0.25, 0.3) is 0 Å². The third-order valence-electron chi connectivity index (χ3n) is 4.95. The number of carbonyl (C=O) groups is 2. The van der Waals surface area contributed by atoms with E-state index in [0.717, 1.165) is 23.3 Å². The second-order valence-electron chi connectivity index (χ2n) is 7.77. The molecule has 6 nitrogen and oxygen atoms in total. The van der Waals surface area contributed by atoms with Crippen molar-refractivity contribution in [3.05, 3.63) is 65.7 Å². The summed E-state index contributed by atoms with van der Waals surface area (Å²) in [6.07, 6.45) is 1.15. The molecule has 0 aliphatic rings. The summed E-state index contributed by atoms with van der Waals surface area (Å²) in [4.78, 5) is 27.5. The average molecular weight is 427 g/mol. The Labute approximate surface area is 185 Å². The van der Waals surface area contributed by atoms with Gasteiger partial charge in [0.05, 0.1) is 19.6 Å². The molecule has 31 heavy (non-hydrogen) atoms. The summed E-state index contributed by atoms with van der Waals surface area (Å²) in [6.45, 7) is 7.19. The highest BCUT2D eigenvalue weighted by Crippen LogP contribution is 2.16. The minimum absolute atomic E-state index is 0.0900. The molecule has 1 N–H and O–H groups in total. The highest BCUT2D eigenvalue weighted by atomic mass is 16.5. The monoisotopic (exact) mass is 426 g/mol. The zero-order chi connectivity index (χ0) is 22.6. The van der Waals surface area contributed by atoms with Crippen LogP contribution in [0.5, 0.6) is 5.75 Å². The van der Waals surface area contributed by atoms with Crippen molar-refractivity contribution in [1.82, 2.24) is 10.2 Å². The first-order valence-corrected chi connectivity index (χ1v) is 10.8. The Balaban J connectivity index is 2.05. The van der Waals surface area contributed by atoms with Crippen molar-refractivity contribution < 1.29 is 19.1 Å². The molecule has 2 aromatic rings. The van der Waals surface area contributed by atoms with E-state index < -0.39 is 6.04 Å². The number of rotatable bonds is 12. The number of ether oxygens (including phenoxy) is 2. The van der Waals surface area contributed by atoms with Gasteiger partial charge in [0.15, 0.2) is 0 Å². The molecule has 0 spiro atoms. The topological polar surface area (TPSA) is 67.9 Å². The molecule has 0 saturated heterocycles. The first kappa shape index (κ1) is 24.4. The molecule has 0 fully saturated rings. The highest BCUT2D eigenvalue weighted by molar-refractivity contribution is 5.88. The standard InChI is InChI=1S/C25H34N2O4/c1-19(2)31-16-8-15-26-25(29)20(3)27(18-22-11-13-23(30-4)14-12-22)24(28)17-21-9-6-5-7-10-21/h5-7,9-14,19-20H,8,15-18H2,1-4H3,(H,26,29). The molecule has 1 unspecified atom stereocenters. The maximum atomic E-state index is 13.1. The number of amides is 2. The fourth-order valence-corrected chi connectivity index (χ4v) is 3.13. The second kappa shape index (κ2) is 12.7. The van der Waals surface area contributed by atoms with Gasteiger partial charge in [-0.25, -0.2) is 0 Å². The summed E-state index contributed by atoms with van der Waals surface area (Å²) in [5.74, 6) is 0.493. The van der Waals surface area contributed by atoms with Gasteiger partial charge in [-0.15, -0.1) is 0 Å². The van der Waals surface area contributed by atoms with Gasteiger partial charge < -0.3 is 19.7 Å². The first-order valence-electron chi connectivity index (χ1n) is 10.8. The van der Waals surface area contributed by atoms with Crippen molar-refractivity contribution in [3.8, 4) is 5.75 Å². The predicted octanol–water partition coefficient (Wildman–Crippen LogP) is 3.59. The Hall–Kier alpha value is -2.86. The molecular formula is C25H34N2O4. The van der Waals surface area contributed by atoms with E-state index in [1.807, 2.05) is 68.4 Å². The fourth-order valence-electron chi connectivity index (χ4n) is 3.13. The third kappa shape index (κ3) is 8.42.